The van der Waals surface area contributed by atoms with E-state index in [1.165, 1.54) is 0 Å². The van der Waals surface area contributed by atoms with Gasteiger partial charge < -0.3 is 0 Å². The van der Waals surface area contributed by atoms with Gasteiger partial charge in [0.25, 0.3) is 5.69 Å². The molecule has 0 bridgehead atoms. The molecule has 5 nitrogen and oxygen atoms in total. The lowest BCUT2D eigenvalue weighted by Crippen LogP contribution is -1.95. The lowest BCUT2D eigenvalue weighted by molar-refractivity contribution is -0.384. The Morgan fingerprint density at radius 1 is 1.47 bits per heavy atom. The van der Waals surface area contributed by atoms with Crippen molar-refractivity contribution in [3.05, 3.63) is 32.3 Å². The number of nitro benzene ring substituents is 1. The van der Waals surface area contributed by atoms with Crippen LogP contribution in [0, 0.1) is 21.7 Å². The normalized spacial score (nSPS) is 9.53. The van der Waals surface area contributed by atoms with Crippen LogP contribution in [0.4, 0.5) is 20.2 Å². The lowest BCUT2D eigenvalue weighted by atomic mass is 10.2. The van der Waals surface area contributed by atoms with E-state index in [1.54, 1.807) is 0 Å². The van der Waals surface area contributed by atoms with Crippen molar-refractivity contribution in [2.24, 2.45) is 4.99 Å². The molecule has 8 heteroatoms. The Bertz CT molecular complexity index is 486. The third-order valence-electron chi connectivity index (χ3n) is 1.47. The highest BCUT2D eigenvalue weighted by Gasteiger charge is 2.24. The van der Waals surface area contributed by atoms with Gasteiger partial charge in [-0.05, 0) is 15.9 Å². The van der Waals surface area contributed by atoms with E-state index in [9.17, 15) is 23.7 Å². The third kappa shape index (κ3) is 2.05. The van der Waals surface area contributed by atoms with Crippen molar-refractivity contribution < 1.29 is 18.5 Å². The van der Waals surface area contributed by atoms with Crippen molar-refractivity contribution in [2.45, 2.75) is 0 Å². The molecule has 0 atom stereocenters. The summed E-state index contributed by atoms with van der Waals surface area (Å²) in [4.78, 5) is 22.1. The second-order valence-corrected chi connectivity index (χ2v) is 3.17. The maximum atomic E-state index is 13.1. The first-order valence-electron chi connectivity index (χ1n) is 3.38. The fourth-order valence-corrected chi connectivity index (χ4v) is 1.26. The number of benzene rings is 1. The van der Waals surface area contributed by atoms with Crippen LogP contribution in [0.25, 0.3) is 0 Å². The van der Waals surface area contributed by atoms with Crippen LogP contribution in [-0.4, -0.2) is 11.0 Å². The topological polar surface area (TPSA) is 72.6 Å². The Kier molecular flexibility index (Phi) is 3.23. The van der Waals surface area contributed by atoms with Crippen molar-refractivity contribution in [3.8, 4) is 0 Å². The summed E-state index contributed by atoms with van der Waals surface area (Å²) < 4.78 is 25.6. The number of nitro groups is 1. The van der Waals surface area contributed by atoms with Gasteiger partial charge in [0, 0.05) is 6.07 Å². The molecule has 0 saturated carbocycles. The minimum atomic E-state index is -1.57. The van der Waals surface area contributed by atoms with Crippen LogP contribution in [0.1, 0.15) is 0 Å². The van der Waals surface area contributed by atoms with E-state index < -0.39 is 32.4 Å². The number of carbonyl (C=O) groups excluding carboxylic acids is 1. The van der Waals surface area contributed by atoms with Crippen molar-refractivity contribution >= 4 is 33.4 Å². The Balaban J connectivity index is 3.64. The quantitative estimate of drug-likeness (QED) is 0.274. The van der Waals surface area contributed by atoms with E-state index in [-0.39, 0.29) is 0 Å². The number of rotatable bonds is 2. The first-order valence-corrected chi connectivity index (χ1v) is 4.18. The standard InChI is InChI=1S/C7HBrF2N2O3/c8-3-1-4(12(14)15)7(11-2-13)6(10)5(3)9/h1H. The minimum absolute atomic E-state index is 0.420. The van der Waals surface area contributed by atoms with E-state index in [4.69, 9.17) is 0 Å². The highest BCUT2D eigenvalue weighted by atomic mass is 79.9. The van der Waals surface area contributed by atoms with Gasteiger partial charge in [0.05, 0.1) is 9.40 Å². The molecule has 1 rings (SSSR count). The molecule has 0 aliphatic rings. The van der Waals surface area contributed by atoms with Gasteiger partial charge in [0.2, 0.25) is 6.08 Å². The van der Waals surface area contributed by atoms with E-state index in [0.29, 0.717) is 6.07 Å². The molecule has 0 aliphatic heterocycles. The molecule has 0 aromatic heterocycles. The highest BCUT2D eigenvalue weighted by Crippen LogP contribution is 2.35. The molecular weight excluding hydrogens is 278 g/mol. The molecule has 78 valence electrons. The predicted octanol–water partition coefficient (Wildman–Crippen LogP) is 2.60. The third-order valence-corrected chi connectivity index (χ3v) is 2.05. The zero-order valence-electron chi connectivity index (χ0n) is 6.83. The van der Waals surface area contributed by atoms with Crippen molar-refractivity contribution in [1.29, 1.82) is 0 Å². The SMILES string of the molecule is O=C=Nc1c([N+](=O)[O-])cc(Br)c(F)c1F. The first kappa shape index (κ1) is 11.4. The average Bonchev–Trinajstić information content (AvgIpc) is 2.18. The summed E-state index contributed by atoms with van der Waals surface area (Å²) in [6.07, 6.45) is 0.915. The zero-order valence-corrected chi connectivity index (χ0v) is 8.42. The molecule has 0 unspecified atom stereocenters. The Hall–Kier alpha value is -1.66. The Labute approximate surface area is 89.7 Å². The van der Waals surface area contributed by atoms with E-state index >= 15 is 0 Å². The van der Waals surface area contributed by atoms with Gasteiger partial charge in [-0.1, -0.05) is 0 Å². The van der Waals surface area contributed by atoms with Gasteiger partial charge in [-0.2, -0.15) is 4.99 Å². The van der Waals surface area contributed by atoms with Crippen LogP contribution in [0.2, 0.25) is 0 Å². The molecule has 0 radical (unpaired) electrons. The molecule has 0 amide bonds. The van der Waals surface area contributed by atoms with Crippen LogP contribution in [0.15, 0.2) is 15.5 Å². The van der Waals surface area contributed by atoms with Gasteiger partial charge in [-0.15, -0.1) is 0 Å². The smallest absolute Gasteiger partial charge is 0.258 e. The maximum absolute atomic E-state index is 13.1. The second kappa shape index (κ2) is 4.24. The molecule has 0 N–H and O–H groups in total. The summed E-state index contributed by atoms with van der Waals surface area (Å²) in [5, 5.41) is 10.4. The van der Waals surface area contributed by atoms with E-state index in [2.05, 4.69) is 20.9 Å². The largest absolute Gasteiger partial charge is 0.300 e. The summed E-state index contributed by atoms with van der Waals surface area (Å²) in [6.45, 7) is 0. The lowest BCUT2D eigenvalue weighted by Gasteiger charge is -2.00. The van der Waals surface area contributed by atoms with Crippen LogP contribution < -0.4 is 0 Å². The van der Waals surface area contributed by atoms with Crippen LogP contribution in [0.3, 0.4) is 0 Å². The molecule has 1 aromatic carbocycles. The minimum Gasteiger partial charge on any atom is -0.258 e. The van der Waals surface area contributed by atoms with Crippen molar-refractivity contribution in [2.75, 3.05) is 0 Å². The molecule has 0 aliphatic carbocycles. The van der Waals surface area contributed by atoms with E-state index in [1.807, 2.05) is 0 Å². The fraction of sp³-hybridized carbons (Fsp3) is 0. The van der Waals surface area contributed by atoms with Gasteiger partial charge in [-0.25, -0.2) is 13.6 Å². The molecular formula is C7HBrF2N2O3. The van der Waals surface area contributed by atoms with Gasteiger partial charge in [0.1, 0.15) is 0 Å². The number of aliphatic imine (C=N–C) groups is 1. The van der Waals surface area contributed by atoms with Crippen LogP contribution in [-0.2, 0) is 4.79 Å². The molecule has 0 spiro atoms. The van der Waals surface area contributed by atoms with Crippen LogP contribution >= 0.6 is 15.9 Å². The predicted molar refractivity (Wildman–Crippen MR) is 48.5 cm³/mol. The molecule has 15 heavy (non-hydrogen) atoms. The van der Waals surface area contributed by atoms with Crippen molar-refractivity contribution in [1.82, 2.24) is 0 Å². The summed E-state index contributed by atoms with van der Waals surface area (Å²) in [6, 6.07) is 0.717. The summed E-state index contributed by atoms with van der Waals surface area (Å²) >= 11 is 2.59. The Morgan fingerprint density at radius 3 is 2.53 bits per heavy atom. The Morgan fingerprint density at radius 2 is 2.07 bits per heavy atom. The summed E-state index contributed by atoms with van der Waals surface area (Å²) in [5.41, 5.74) is -1.79. The van der Waals surface area contributed by atoms with Gasteiger partial charge >= 0.3 is 0 Å². The molecule has 0 fully saturated rings. The highest BCUT2D eigenvalue weighted by molar-refractivity contribution is 9.10. The van der Waals surface area contributed by atoms with E-state index in [0.717, 1.165) is 6.08 Å². The number of isocyanates is 1. The van der Waals surface area contributed by atoms with Gasteiger partial charge in [-0.3, -0.25) is 10.1 Å². The summed E-state index contributed by atoms with van der Waals surface area (Å²) in [7, 11) is 0. The van der Waals surface area contributed by atoms with Gasteiger partial charge in [0.15, 0.2) is 17.3 Å². The number of nitrogens with zero attached hydrogens (tertiary/aromatic N) is 2. The molecule has 0 saturated heterocycles. The first-order chi connectivity index (χ1) is 6.99. The number of hydrogen-bond acceptors (Lipinski definition) is 4. The summed E-state index contributed by atoms with van der Waals surface area (Å²) in [5.74, 6) is -2.92. The number of halogens is 3. The maximum Gasteiger partial charge on any atom is 0.300 e. The average molecular weight is 279 g/mol. The molecule has 1 aromatic rings. The van der Waals surface area contributed by atoms with Crippen molar-refractivity contribution in [3.63, 3.8) is 0 Å². The zero-order chi connectivity index (χ0) is 11.6. The molecule has 0 heterocycles. The fourth-order valence-electron chi connectivity index (χ4n) is 0.864. The van der Waals surface area contributed by atoms with Crippen LogP contribution in [0.5, 0.6) is 0 Å². The monoisotopic (exact) mass is 278 g/mol. The number of hydrogen-bond donors (Lipinski definition) is 0. The second-order valence-electron chi connectivity index (χ2n) is 2.31.